The molecule has 6 nitrogen and oxygen atoms in total. The highest BCUT2D eigenvalue weighted by molar-refractivity contribution is 5.94. The van der Waals surface area contributed by atoms with Crippen molar-refractivity contribution >= 4 is 22.8 Å². The van der Waals surface area contributed by atoms with Crippen LogP contribution in [0.3, 0.4) is 0 Å². The summed E-state index contributed by atoms with van der Waals surface area (Å²) < 4.78 is 6.04. The van der Waals surface area contributed by atoms with Gasteiger partial charge in [0.2, 0.25) is 0 Å². The lowest BCUT2D eigenvalue weighted by molar-refractivity contribution is -0.137. The Bertz CT molecular complexity index is 1210. The topological polar surface area (TPSA) is 96.6 Å². The van der Waals surface area contributed by atoms with Gasteiger partial charge in [0.15, 0.2) is 5.43 Å². The first-order chi connectivity index (χ1) is 16.8. The van der Waals surface area contributed by atoms with E-state index in [1.54, 1.807) is 24.3 Å². The molecule has 1 amide bonds. The number of carbonyl (C=O) groups is 2. The van der Waals surface area contributed by atoms with Crippen LogP contribution in [0.4, 0.5) is 0 Å². The number of hydrogen-bond acceptors (Lipinski definition) is 4. The van der Waals surface area contributed by atoms with Gasteiger partial charge in [-0.1, -0.05) is 56.7 Å². The summed E-state index contributed by atoms with van der Waals surface area (Å²) in [5.74, 6) is -0.337. The van der Waals surface area contributed by atoms with Crippen molar-refractivity contribution < 1.29 is 19.1 Å². The van der Waals surface area contributed by atoms with Crippen LogP contribution in [0.15, 0.2) is 51.7 Å². The van der Waals surface area contributed by atoms with E-state index in [-0.39, 0.29) is 17.8 Å². The number of unbranched alkanes of at least 4 members (excludes halogenated alkanes) is 7. The molecule has 0 aliphatic rings. The summed E-state index contributed by atoms with van der Waals surface area (Å²) in [4.78, 5) is 35.5. The van der Waals surface area contributed by atoms with Crippen molar-refractivity contribution in [3.63, 3.8) is 0 Å². The minimum absolute atomic E-state index is 0.0759. The maximum atomic E-state index is 12.6. The number of benzene rings is 2. The second kappa shape index (κ2) is 12.9. The SMILES string of the molecule is Cc1cc(C)c2oc(-c3ccc(C(=O)NCCCCCCCCCCC(=O)O)cc3)cc(=O)c2c1. The number of rotatable bonds is 13. The zero-order chi connectivity index (χ0) is 25.2. The van der Waals surface area contributed by atoms with Gasteiger partial charge in [0.1, 0.15) is 11.3 Å². The molecule has 1 heterocycles. The number of carboxylic acid groups (broad SMARTS) is 1. The Balaban J connectivity index is 1.43. The zero-order valence-electron chi connectivity index (χ0n) is 20.7. The van der Waals surface area contributed by atoms with Crippen molar-refractivity contribution in [3.05, 3.63) is 69.4 Å². The Labute approximate surface area is 206 Å². The molecule has 35 heavy (non-hydrogen) atoms. The average Bonchev–Trinajstić information content (AvgIpc) is 2.82. The fourth-order valence-electron chi connectivity index (χ4n) is 4.30. The van der Waals surface area contributed by atoms with Crippen LogP contribution >= 0.6 is 0 Å². The number of aliphatic carboxylic acids is 1. The average molecular weight is 478 g/mol. The maximum Gasteiger partial charge on any atom is 0.303 e. The molecule has 186 valence electrons. The number of carboxylic acids is 1. The van der Waals surface area contributed by atoms with E-state index >= 15 is 0 Å². The normalized spacial score (nSPS) is 11.0. The lowest BCUT2D eigenvalue weighted by Crippen LogP contribution is -2.24. The summed E-state index contributed by atoms with van der Waals surface area (Å²) in [6.07, 6.45) is 8.49. The summed E-state index contributed by atoms with van der Waals surface area (Å²) >= 11 is 0. The molecule has 0 saturated heterocycles. The first kappa shape index (κ1) is 26.2. The first-order valence-electron chi connectivity index (χ1n) is 12.5. The van der Waals surface area contributed by atoms with Gasteiger partial charge in [0, 0.05) is 30.2 Å². The number of carbonyl (C=O) groups excluding carboxylic acids is 1. The number of fused-ring (bicyclic) bond motifs is 1. The Morgan fingerprint density at radius 3 is 2.14 bits per heavy atom. The van der Waals surface area contributed by atoms with Crippen molar-refractivity contribution in [2.24, 2.45) is 0 Å². The summed E-state index contributed by atoms with van der Waals surface area (Å²) in [6, 6.07) is 12.5. The van der Waals surface area contributed by atoms with Gasteiger partial charge in [-0.15, -0.1) is 0 Å². The maximum absolute atomic E-state index is 12.6. The lowest BCUT2D eigenvalue weighted by Gasteiger charge is -2.08. The van der Waals surface area contributed by atoms with Crippen LogP contribution in [0.25, 0.3) is 22.3 Å². The molecule has 0 spiro atoms. The van der Waals surface area contributed by atoms with E-state index < -0.39 is 5.97 Å². The van der Waals surface area contributed by atoms with E-state index in [1.165, 1.54) is 6.07 Å². The van der Waals surface area contributed by atoms with Crippen molar-refractivity contribution in [1.82, 2.24) is 5.32 Å². The molecule has 0 aliphatic heterocycles. The van der Waals surface area contributed by atoms with Gasteiger partial charge < -0.3 is 14.8 Å². The van der Waals surface area contributed by atoms with Gasteiger partial charge in [0.25, 0.3) is 5.91 Å². The van der Waals surface area contributed by atoms with Crippen LogP contribution in [0.2, 0.25) is 0 Å². The molecule has 0 aliphatic carbocycles. The van der Waals surface area contributed by atoms with Crippen molar-refractivity contribution in [3.8, 4) is 11.3 Å². The molecule has 3 aromatic rings. The largest absolute Gasteiger partial charge is 0.481 e. The molecule has 2 N–H and O–H groups in total. The predicted octanol–water partition coefficient (Wildman–Crippen LogP) is 6.40. The van der Waals surface area contributed by atoms with E-state index in [1.807, 2.05) is 26.0 Å². The number of hydrogen-bond donors (Lipinski definition) is 2. The molecule has 1 aromatic heterocycles. The van der Waals surface area contributed by atoms with Crippen LogP contribution < -0.4 is 10.7 Å². The highest BCUT2D eigenvalue weighted by Crippen LogP contribution is 2.25. The van der Waals surface area contributed by atoms with Crippen LogP contribution in [0.1, 0.15) is 79.3 Å². The second-order valence-corrected chi connectivity index (χ2v) is 9.24. The lowest BCUT2D eigenvalue weighted by atomic mass is 10.1. The Hall–Kier alpha value is -3.41. The smallest absolute Gasteiger partial charge is 0.303 e. The second-order valence-electron chi connectivity index (χ2n) is 9.24. The molecule has 0 fully saturated rings. The molecule has 6 heteroatoms. The minimum atomic E-state index is -0.716. The number of aryl methyl sites for hydroxylation is 2. The van der Waals surface area contributed by atoms with Crippen molar-refractivity contribution in [2.75, 3.05) is 6.54 Å². The van der Waals surface area contributed by atoms with Crippen LogP contribution in [0.5, 0.6) is 0 Å². The Kier molecular flexibility index (Phi) is 9.65. The first-order valence-corrected chi connectivity index (χ1v) is 12.5. The minimum Gasteiger partial charge on any atom is -0.481 e. The summed E-state index contributed by atoms with van der Waals surface area (Å²) in [6.45, 7) is 4.53. The fraction of sp³-hybridized carbons (Fsp3) is 0.414. The van der Waals surface area contributed by atoms with E-state index in [0.29, 0.717) is 28.8 Å². The Morgan fingerprint density at radius 1 is 0.857 bits per heavy atom. The quantitative estimate of drug-likeness (QED) is 0.278. The standard InChI is InChI=1S/C29H35NO5/c1-20-17-21(2)28-24(18-20)25(31)19-26(35-28)22-12-14-23(15-13-22)29(34)30-16-10-8-6-4-3-5-7-9-11-27(32)33/h12-15,17-19H,3-11,16H2,1-2H3,(H,30,34)(H,32,33). The molecule has 0 atom stereocenters. The number of amides is 1. The van der Waals surface area contributed by atoms with E-state index in [2.05, 4.69) is 5.32 Å². The van der Waals surface area contributed by atoms with Gasteiger partial charge >= 0.3 is 5.97 Å². The molecule has 0 saturated carbocycles. The highest BCUT2D eigenvalue weighted by atomic mass is 16.4. The summed E-state index contributed by atoms with van der Waals surface area (Å²) in [5.41, 5.74) is 3.79. The Morgan fingerprint density at radius 2 is 1.49 bits per heavy atom. The molecular formula is C29H35NO5. The molecule has 0 unspecified atom stereocenters. The molecule has 0 radical (unpaired) electrons. The fourth-order valence-corrected chi connectivity index (χ4v) is 4.30. The zero-order valence-corrected chi connectivity index (χ0v) is 20.7. The van der Waals surface area contributed by atoms with Crippen molar-refractivity contribution in [1.29, 1.82) is 0 Å². The highest BCUT2D eigenvalue weighted by Gasteiger charge is 2.11. The van der Waals surface area contributed by atoms with Crippen LogP contribution in [-0.4, -0.2) is 23.5 Å². The van der Waals surface area contributed by atoms with E-state index in [0.717, 1.165) is 68.1 Å². The van der Waals surface area contributed by atoms with Crippen molar-refractivity contribution in [2.45, 2.75) is 71.6 Å². The monoisotopic (exact) mass is 477 g/mol. The third-order valence-electron chi connectivity index (χ3n) is 6.19. The number of nitrogens with one attached hydrogen (secondary N) is 1. The molecule has 2 aromatic carbocycles. The van der Waals surface area contributed by atoms with Gasteiger partial charge in [-0.2, -0.15) is 0 Å². The summed E-state index contributed by atoms with van der Waals surface area (Å²) in [7, 11) is 0. The predicted molar refractivity (Wildman–Crippen MR) is 139 cm³/mol. The summed E-state index contributed by atoms with van der Waals surface area (Å²) in [5, 5.41) is 12.2. The van der Waals surface area contributed by atoms with Gasteiger partial charge in [-0.05, 0) is 56.0 Å². The molecular weight excluding hydrogens is 442 g/mol. The van der Waals surface area contributed by atoms with Crippen LogP contribution in [-0.2, 0) is 4.79 Å². The van der Waals surface area contributed by atoms with Gasteiger partial charge in [-0.25, -0.2) is 0 Å². The van der Waals surface area contributed by atoms with Gasteiger partial charge in [-0.3, -0.25) is 14.4 Å². The van der Waals surface area contributed by atoms with Crippen LogP contribution in [0, 0.1) is 13.8 Å². The van der Waals surface area contributed by atoms with Gasteiger partial charge in [0.05, 0.1) is 5.39 Å². The van der Waals surface area contributed by atoms with E-state index in [4.69, 9.17) is 9.52 Å². The van der Waals surface area contributed by atoms with E-state index in [9.17, 15) is 14.4 Å². The third kappa shape index (κ3) is 7.81. The molecule has 3 rings (SSSR count). The third-order valence-corrected chi connectivity index (χ3v) is 6.19. The molecule has 0 bridgehead atoms.